The highest BCUT2D eigenvalue weighted by Gasteiger charge is 2.40. The largest absolute Gasteiger partial charge is 0.368 e. The predicted molar refractivity (Wildman–Crippen MR) is 121 cm³/mol. The Labute approximate surface area is 178 Å². The van der Waals surface area contributed by atoms with Gasteiger partial charge in [0.05, 0.1) is 11.3 Å². The van der Waals surface area contributed by atoms with E-state index in [0.717, 1.165) is 75.2 Å². The van der Waals surface area contributed by atoms with Crippen LogP contribution in [0.2, 0.25) is 0 Å². The second kappa shape index (κ2) is 6.54. The molecular weight excluding hydrogens is 428 g/mol. The molecule has 0 radical (unpaired) electrons. The quantitative estimate of drug-likeness (QED) is 0.512. The zero-order valence-corrected chi connectivity index (χ0v) is 18.1. The van der Waals surface area contributed by atoms with Gasteiger partial charge in [0.15, 0.2) is 5.78 Å². The van der Waals surface area contributed by atoms with Crippen molar-refractivity contribution in [1.29, 1.82) is 5.41 Å². The molecule has 3 N–H and O–H groups in total. The molecule has 1 aromatic heterocycles. The highest BCUT2D eigenvalue weighted by Crippen LogP contribution is 2.46. The molecule has 1 fully saturated rings. The minimum absolute atomic E-state index is 0.0655. The van der Waals surface area contributed by atoms with E-state index >= 15 is 0 Å². The minimum atomic E-state index is -0.327. The van der Waals surface area contributed by atoms with Crippen LogP contribution in [0.15, 0.2) is 34.8 Å². The first-order valence-corrected chi connectivity index (χ1v) is 10.7. The summed E-state index contributed by atoms with van der Waals surface area (Å²) in [6.07, 6.45) is 1.33. The summed E-state index contributed by atoms with van der Waals surface area (Å²) in [5.41, 5.74) is 6.10. The first-order valence-electron chi connectivity index (χ1n) is 9.93. The molecule has 0 unspecified atom stereocenters. The monoisotopic (exact) mass is 450 g/mol. The average Bonchev–Trinajstić information content (AvgIpc) is 3.12. The van der Waals surface area contributed by atoms with E-state index in [2.05, 4.69) is 51.0 Å². The Morgan fingerprint density at radius 3 is 2.66 bits per heavy atom. The lowest BCUT2D eigenvalue weighted by molar-refractivity contribution is 0.103. The number of piperazine rings is 1. The maximum atomic E-state index is 13.6. The molecule has 1 aliphatic carbocycles. The number of halogens is 1. The summed E-state index contributed by atoms with van der Waals surface area (Å²) >= 11 is 3.73. The summed E-state index contributed by atoms with van der Waals surface area (Å²) in [6.45, 7) is 8.20. The lowest BCUT2D eigenvalue weighted by Gasteiger charge is -2.36. The molecule has 2 heterocycles. The molecule has 2 aliphatic rings. The van der Waals surface area contributed by atoms with Crippen LogP contribution in [0.25, 0.3) is 10.9 Å². The molecule has 5 rings (SSSR count). The molecule has 0 saturated carbocycles. The molecule has 1 aliphatic heterocycles. The maximum Gasteiger partial charge on any atom is 0.195 e. The lowest BCUT2D eigenvalue weighted by atomic mass is 9.71. The second-order valence-electron chi connectivity index (χ2n) is 8.36. The predicted octanol–water partition coefficient (Wildman–Crippen LogP) is 4.21. The van der Waals surface area contributed by atoms with E-state index in [-0.39, 0.29) is 11.2 Å². The van der Waals surface area contributed by atoms with E-state index in [9.17, 15) is 4.79 Å². The first kappa shape index (κ1) is 18.6. The smallest absolute Gasteiger partial charge is 0.195 e. The number of rotatable bonds is 2. The standard InChI is InChI=1S/C23H23BrN4O/c1-23(2)16-11-19(28-7-5-26-6-8-28)17(24)10-15(16)21(29)20-14-4-3-13(12-25)9-18(14)27-22(20)23/h3-4,9-12,25-27H,5-8H2,1-2H3. The van der Waals surface area contributed by atoms with Crippen LogP contribution in [0.3, 0.4) is 0 Å². The third kappa shape index (κ3) is 2.69. The van der Waals surface area contributed by atoms with Gasteiger partial charge in [-0.25, -0.2) is 0 Å². The first-order chi connectivity index (χ1) is 13.9. The highest BCUT2D eigenvalue weighted by atomic mass is 79.9. The molecule has 6 heteroatoms. The van der Waals surface area contributed by atoms with Gasteiger partial charge in [-0.15, -0.1) is 0 Å². The van der Waals surface area contributed by atoms with Gasteiger partial charge in [0.2, 0.25) is 0 Å². The van der Waals surface area contributed by atoms with Crippen LogP contribution in [-0.2, 0) is 5.41 Å². The molecular formula is C23H23BrN4O. The molecule has 0 amide bonds. The van der Waals surface area contributed by atoms with E-state index in [1.807, 2.05) is 24.3 Å². The summed E-state index contributed by atoms with van der Waals surface area (Å²) in [6, 6.07) is 9.98. The second-order valence-corrected chi connectivity index (χ2v) is 9.22. The molecule has 5 nitrogen and oxygen atoms in total. The SMILES string of the molecule is CC1(C)c2cc(N3CCNCC3)c(Br)cc2C(=O)c2c1[nH]c1cc(C=N)ccc21. The molecule has 148 valence electrons. The van der Waals surface area contributed by atoms with E-state index < -0.39 is 0 Å². The number of aromatic nitrogens is 1. The van der Waals surface area contributed by atoms with Crippen LogP contribution in [0.1, 0.15) is 46.6 Å². The summed E-state index contributed by atoms with van der Waals surface area (Å²) in [7, 11) is 0. The summed E-state index contributed by atoms with van der Waals surface area (Å²) in [5, 5.41) is 11.9. The zero-order valence-electron chi connectivity index (χ0n) is 16.5. The average molecular weight is 451 g/mol. The van der Waals surface area contributed by atoms with Crippen molar-refractivity contribution in [2.75, 3.05) is 31.1 Å². The van der Waals surface area contributed by atoms with Crippen molar-refractivity contribution in [2.24, 2.45) is 0 Å². The number of hydrogen-bond acceptors (Lipinski definition) is 4. The number of anilines is 1. The van der Waals surface area contributed by atoms with Gasteiger partial charge in [0.25, 0.3) is 0 Å². The van der Waals surface area contributed by atoms with Gasteiger partial charge in [0.1, 0.15) is 0 Å². The fourth-order valence-corrected chi connectivity index (χ4v) is 5.29. The Morgan fingerprint density at radius 1 is 1.17 bits per heavy atom. The third-order valence-corrected chi connectivity index (χ3v) is 6.94. The molecule has 0 atom stereocenters. The number of aromatic amines is 1. The number of H-pyrrole nitrogens is 1. The van der Waals surface area contributed by atoms with Crippen LogP contribution in [0.5, 0.6) is 0 Å². The number of nitrogens with zero attached hydrogens (tertiary/aromatic N) is 1. The van der Waals surface area contributed by atoms with Crippen molar-refractivity contribution in [1.82, 2.24) is 10.3 Å². The fraction of sp³-hybridized carbons (Fsp3) is 0.304. The van der Waals surface area contributed by atoms with Gasteiger partial charge in [-0.05, 0) is 45.3 Å². The van der Waals surface area contributed by atoms with E-state index in [0.29, 0.717) is 0 Å². The maximum absolute atomic E-state index is 13.6. The van der Waals surface area contributed by atoms with Crippen molar-refractivity contribution in [3.05, 3.63) is 62.8 Å². The number of fused-ring (bicyclic) bond motifs is 4. The normalized spacial score (nSPS) is 17.9. The van der Waals surface area contributed by atoms with Crippen LogP contribution in [0, 0.1) is 5.41 Å². The van der Waals surface area contributed by atoms with Gasteiger partial charge in [-0.3, -0.25) is 4.79 Å². The van der Waals surface area contributed by atoms with Crippen LogP contribution < -0.4 is 10.2 Å². The van der Waals surface area contributed by atoms with E-state index in [4.69, 9.17) is 5.41 Å². The Kier molecular flexibility index (Phi) is 4.19. The van der Waals surface area contributed by atoms with E-state index in [1.165, 1.54) is 6.21 Å². The van der Waals surface area contributed by atoms with Crippen LogP contribution >= 0.6 is 15.9 Å². The Morgan fingerprint density at radius 2 is 1.93 bits per heavy atom. The molecule has 0 spiro atoms. The van der Waals surface area contributed by atoms with Crippen LogP contribution in [-0.4, -0.2) is 43.2 Å². The topological polar surface area (TPSA) is 72.0 Å². The number of carbonyl (C=O) groups is 1. The third-order valence-electron chi connectivity index (χ3n) is 6.30. The number of hydrogen-bond donors (Lipinski definition) is 3. The van der Waals surface area contributed by atoms with Gasteiger partial charge >= 0.3 is 0 Å². The summed E-state index contributed by atoms with van der Waals surface area (Å²) in [5.74, 6) is 0.0655. The van der Waals surface area contributed by atoms with Crippen molar-refractivity contribution in [3.8, 4) is 0 Å². The van der Waals surface area contributed by atoms with Gasteiger partial charge in [-0.1, -0.05) is 26.0 Å². The Hall–Kier alpha value is -2.44. The molecule has 1 saturated heterocycles. The molecule has 3 aromatic rings. The van der Waals surface area contributed by atoms with Gasteiger partial charge in [-0.2, -0.15) is 0 Å². The summed E-state index contributed by atoms with van der Waals surface area (Å²) in [4.78, 5) is 19.4. The van der Waals surface area contributed by atoms with Gasteiger partial charge < -0.3 is 20.6 Å². The van der Waals surface area contributed by atoms with Crippen molar-refractivity contribution in [2.45, 2.75) is 19.3 Å². The van der Waals surface area contributed by atoms with Gasteiger partial charge in [0, 0.05) is 64.4 Å². The number of nitrogens with one attached hydrogen (secondary N) is 3. The molecule has 0 bridgehead atoms. The number of ketones is 1. The highest BCUT2D eigenvalue weighted by molar-refractivity contribution is 9.10. The minimum Gasteiger partial charge on any atom is -0.368 e. The zero-order chi connectivity index (χ0) is 20.3. The lowest BCUT2D eigenvalue weighted by Crippen LogP contribution is -2.44. The number of benzene rings is 2. The van der Waals surface area contributed by atoms with Crippen LogP contribution in [0.4, 0.5) is 5.69 Å². The Balaban J connectivity index is 1.72. The Bertz CT molecular complexity index is 1170. The number of carbonyl (C=O) groups excluding carboxylic acids is 1. The van der Waals surface area contributed by atoms with Crippen molar-refractivity contribution in [3.63, 3.8) is 0 Å². The summed E-state index contributed by atoms with van der Waals surface area (Å²) < 4.78 is 0.969. The fourth-order valence-electron chi connectivity index (χ4n) is 4.69. The molecule has 2 aromatic carbocycles. The molecule has 29 heavy (non-hydrogen) atoms. The van der Waals surface area contributed by atoms with E-state index in [1.54, 1.807) is 0 Å². The van der Waals surface area contributed by atoms with Crippen molar-refractivity contribution < 1.29 is 4.79 Å². The van der Waals surface area contributed by atoms with Crippen molar-refractivity contribution >= 4 is 44.5 Å².